The van der Waals surface area contributed by atoms with Gasteiger partial charge in [-0.15, -0.1) is 0 Å². The summed E-state index contributed by atoms with van der Waals surface area (Å²) >= 11 is 0. The summed E-state index contributed by atoms with van der Waals surface area (Å²) in [6.07, 6.45) is 3.93. The smallest absolute Gasteiger partial charge is 0.240 e. The average Bonchev–Trinajstić information content (AvgIpc) is 2.76. The van der Waals surface area contributed by atoms with Crippen molar-refractivity contribution in [2.75, 3.05) is 6.54 Å². The minimum atomic E-state index is -0.689. The topological polar surface area (TPSA) is 84.2 Å². The Kier molecular flexibility index (Phi) is 2.65. The third kappa shape index (κ3) is 2.12. The van der Waals surface area contributed by atoms with Crippen LogP contribution in [0.1, 0.15) is 32.1 Å². The van der Waals surface area contributed by atoms with Crippen molar-refractivity contribution in [3.05, 3.63) is 0 Å². The molecule has 0 aromatic rings. The highest BCUT2D eigenvalue weighted by Crippen LogP contribution is 2.27. The number of hydrogen-bond acceptors (Lipinski definition) is 3. The molecular formula is C10H17N3O2. The summed E-state index contributed by atoms with van der Waals surface area (Å²) < 4.78 is 0. The second kappa shape index (κ2) is 3.81. The Hall–Kier alpha value is -1.10. The molecule has 1 saturated heterocycles. The van der Waals surface area contributed by atoms with Gasteiger partial charge < -0.3 is 16.4 Å². The Labute approximate surface area is 88.8 Å². The van der Waals surface area contributed by atoms with Gasteiger partial charge in [0.05, 0.1) is 11.6 Å². The standard InChI is InChI=1S/C10H17N3O2/c11-10(3-1-2-4-10)9(15)13-7-5-8(14)12-6-7/h7H,1-6,11H2,(H,12,14)(H,13,15). The first-order valence-corrected chi connectivity index (χ1v) is 5.47. The molecule has 1 heterocycles. The zero-order chi connectivity index (χ0) is 10.9. The van der Waals surface area contributed by atoms with E-state index in [2.05, 4.69) is 10.6 Å². The zero-order valence-corrected chi connectivity index (χ0v) is 8.71. The first-order valence-electron chi connectivity index (χ1n) is 5.47. The highest BCUT2D eigenvalue weighted by Gasteiger charge is 2.38. The Balaban J connectivity index is 1.89. The Morgan fingerprint density at radius 2 is 2.13 bits per heavy atom. The minimum absolute atomic E-state index is 0.00204. The maximum Gasteiger partial charge on any atom is 0.240 e. The maximum absolute atomic E-state index is 11.9. The molecule has 84 valence electrons. The molecule has 0 bridgehead atoms. The number of hydrogen-bond donors (Lipinski definition) is 3. The molecular weight excluding hydrogens is 194 g/mol. The normalized spacial score (nSPS) is 28.9. The summed E-state index contributed by atoms with van der Waals surface area (Å²) in [6.45, 7) is 0.528. The van der Waals surface area contributed by atoms with E-state index in [1.54, 1.807) is 0 Å². The van der Waals surface area contributed by atoms with Crippen molar-refractivity contribution in [3.63, 3.8) is 0 Å². The summed E-state index contributed by atoms with van der Waals surface area (Å²) in [5.74, 6) is -0.0979. The first-order chi connectivity index (χ1) is 7.10. The molecule has 5 nitrogen and oxygen atoms in total. The summed E-state index contributed by atoms with van der Waals surface area (Å²) in [7, 11) is 0. The van der Waals surface area contributed by atoms with E-state index < -0.39 is 5.54 Å². The van der Waals surface area contributed by atoms with Gasteiger partial charge in [0, 0.05) is 13.0 Å². The first kappa shape index (κ1) is 10.4. The third-order valence-electron chi connectivity index (χ3n) is 3.26. The highest BCUT2D eigenvalue weighted by atomic mass is 16.2. The molecule has 2 amide bonds. The van der Waals surface area contributed by atoms with Crippen LogP contribution in [0.4, 0.5) is 0 Å². The van der Waals surface area contributed by atoms with Crippen LogP contribution in [0.3, 0.4) is 0 Å². The van der Waals surface area contributed by atoms with Crippen molar-refractivity contribution in [2.45, 2.75) is 43.7 Å². The van der Waals surface area contributed by atoms with Gasteiger partial charge >= 0.3 is 0 Å². The lowest BCUT2D eigenvalue weighted by Gasteiger charge is -2.24. The molecule has 1 atom stereocenters. The van der Waals surface area contributed by atoms with Crippen LogP contribution in [0.5, 0.6) is 0 Å². The Morgan fingerprint density at radius 3 is 2.67 bits per heavy atom. The van der Waals surface area contributed by atoms with Crippen LogP contribution in [-0.4, -0.2) is 29.9 Å². The van der Waals surface area contributed by atoms with Gasteiger partial charge in [0.15, 0.2) is 0 Å². The Bertz CT molecular complexity index is 284. The maximum atomic E-state index is 11.9. The van der Waals surface area contributed by atoms with E-state index in [1.165, 1.54) is 0 Å². The van der Waals surface area contributed by atoms with E-state index >= 15 is 0 Å². The van der Waals surface area contributed by atoms with Crippen molar-refractivity contribution < 1.29 is 9.59 Å². The molecule has 2 fully saturated rings. The molecule has 0 aromatic heterocycles. The quantitative estimate of drug-likeness (QED) is 0.562. The summed E-state index contributed by atoms with van der Waals surface area (Å²) in [5.41, 5.74) is 5.31. The molecule has 4 N–H and O–H groups in total. The van der Waals surface area contributed by atoms with Gasteiger partial charge in [-0.25, -0.2) is 0 Å². The second-order valence-corrected chi connectivity index (χ2v) is 4.54. The van der Waals surface area contributed by atoms with E-state index in [0.29, 0.717) is 13.0 Å². The fourth-order valence-electron chi connectivity index (χ4n) is 2.27. The predicted octanol–water partition coefficient (Wildman–Crippen LogP) is -0.737. The van der Waals surface area contributed by atoms with Crippen LogP contribution in [0.2, 0.25) is 0 Å². The number of rotatable bonds is 2. The lowest BCUT2D eigenvalue weighted by molar-refractivity contribution is -0.126. The Morgan fingerprint density at radius 1 is 1.47 bits per heavy atom. The van der Waals surface area contributed by atoms with Crippen LogP contribution >= 0.6 is 0 Å². The van der Waals surface area contributed by atoms with Crippen LogP contribution < -0.4 is 16.4 Å². The van der Waals surface area contributed by atoms with E-state index in [-0.39, 0.29) is 17.9 Å². The molecule has 15 heavy (non-hydrogen) atoms. The van der Waals surface area contributed by atoms with Gasteiger partial charge in [-0.3, -0.25) is 9.59 Å². The van der Waals surface area contributed by atoms with Crippen molar-refractivity contribution in [2.24, 2.45) is 5.73 Å². The summed E-state index contributed by atoms with van der Waals surface area (Å²) in [4.78, 5) is 22.8. The van der Waals surface area contributed by atoms with Crippen molar-refractivity contribution in [1.29, 1.82) is 0 Å². The third-order valence-corrected chi connectivity index (χ3v) is 3.26. The second-order valence-electron chi connectivity index (χ2n) is 4.54. The molecule has 1 saturated carbocycles. The molecule has 1 unspecified atom stereocenters. The minimum Gasteiger partial charge on any atom is -0.354 e. The van der Waals surface area contributed by atoms with Gasteiger partial charge in [0.1, 0.15) is 0 Å². The van der Waals surface area contributed by atoms with E-state index in [1.807, 2.05) is 0 Å². The molecule has 1 aliphatic carbocycles. The summed E-state index contributed by atoms with van der Waals surface area (Å²) in [5, 5.41) is 5.53. The SMILES string of the molecule is NC1(C(=O)NC2CNC(=O)C2)CCCC1. The number of carbonyl (C=O) groups is 2. The zero-order valence-electron chi connectivity index (χ0n) is 8.71. The van der Waals surface area contributed by atoms with Gasteiger partial charge in [0.25, 0.3) is 0 Å². The monoisotopic (exact) mass is 211 g/mol. The van der Waals surface area contributed by atoms with E-state index in [9.17, 15) is 9.59 Å². The van der Waals surface area contributed by atoms with Crippen LogP contribution in [0, 0.1) is 0 Å². The lowest BCUT2D eigenvalue weighted by atomic mass is 9.97. The predicted molar refractivity (Wildman–Crippen MR) is 54.9 cm³/mol. The van der Waals surface area contributed by atoms with E-state index in [0.717, 1.165) is 25.7 Å². The van der Waals surface area contributed by atoms with Gasteiger partial charge in [-0.05, 0) is 12.8 Å². The van der Waals surface area contributed by atoms with Crippen LogP contribution in [-0.2, 0) is 9.59 Å². The van der Waals surface area contributed by atoms with Gasteiger partial charge in [-0.1, -0.05) is 12.8 Å². The summed E-state index contributed by atoms with van der Waals surface area (Å²) in [6, 6.07) is -0.0778. The molecule has 1 aliphatic heterocycles. The number of nitrogens with one attached hydrogen (secondary N) is 2. The molecule has 5 heteroatoms. The fourth-order valence-corrected chi connectivity index (χ4v) is 2.27. The molecule has 0 radical (unpaired) electrons. The fraction of sp³-hybridized carbons (Fsp3) is 0.800. The highest BCUT2D eigenvalue weighted by molar-refractivity contribution is 5.88. The average molecular weight is 211 g/mol. The van der Waals surface area contributed by atoms with Crippen molar-refractivity contribution in [1.82, 2.24) is 10.6 Å². The lowest BCUT2D eigenvalue weighted by Crippen LogP contribution is -2.54. The number of nitrogens with two attached hydrogens (primary N) is 1. The van der Waals surface area contributed by atoms with Crippen molar-refractivity contribution in [3.8, 4) is 0 Å². The van der Waals surface area contributed by atoms with Crippen molar-refractivity contribution >= 4 is 11.8 Å². The number of carbonyl (C=O) groups excluding carboxylic acids is 2. The van der Waals surface area contributed by atoms with Gasteiger partial charge in [0.2, 0.25) is 11.8 Å². The van der Waals surface area contributed by atoms with Gasteiger partial charge in [-0.2, -0.15) is 0 Å². The van der Waals surface area contributed by atoms with Crippen LogP contribution in [0.15, 0.2) is 0 Å². The molecule has 0 spiro atoms. The largest absolute Gasteiger partial charge is 0.354 e. The number of amides is 2. The van der Waals surface area contributed by atoms with Crippen LogP contribution in [0.25, 0.3) is 0 Å². The van der Waals surface area contributed by atoms with E-state index in [4.69, 9.17) is 5.73 Å². The molecule has 0 aromatic carbocycles. The molecule has 2 rings (SSSR count). The molecule has 2 aliphatic rings.